The zero-order chi connectivity index (χ0) is 21.8. The number of hydrogen-bond donors (Lipinski definition) is 0. The maximum Gasteiger partial charge on any atom is 0.260 e. The Morgan fingerprint density at radius 1 is 0.903 bits per heavy atom. The summed E-state index contributed by atoms with van der Waals surface area (Å²) in [6.07, 6.45) is 0. The van der Waals surface area contributed by atoms with Crippen LogP contribution in [0.2, 0.25) is 0 Å². The van der Waals surface area contributed by atoms with Crippen LogP contribution < -0.4 is 9.54 Å². The smallest absolute Gasteiger partial charge is 0.260 e. The lowest BCUT2D eigenvalue weighted by Gasteiger charge is -2.14. The van der Waals surface area contributed by atoms with Crippen LogP contribution in [0.3, 0.4) is 0 Å². The number of nitrogens with zero attached hydrogens (tertiary/aromatic N) is 2. The Morgan fingerprint density at radius 3 is 1.97 bits per heavy atom. The highest BCUT2D eigenvalue weighted by Crippen LogP contribution is 2.28. The summed E-state index contributed by atoms with van der Waals surface area (Å²) in [6.45, 7) is 2.06. The molecular formula is C26H24N2O2S. The first-order chi connectivity index (χ1) is 15.1. The van der Waals surface area contributed by atoms with Gasteiger partial charge in [-0.3, -0.25) is 4.79 Å². The molecule has 0 fully saturated rings. The molecular weight excluding hydrogens is 404 g/mol. The largest absolute Gasteiger partial charge is 0.497 e. The molecule has 4 nitrogen and oxygen atoms in total. The number of methoxy groups -OCH3 is 1. The van der Waals surface area contributed by atoms with E-state index in [1.54, 1.807) is 7.11 Å². The van der Waals surface area contributed by atoms with Crippen molar-refractivity contribution in [3.8, 4) is 17.0 Å². The fraction of sp³-hybridized carbons (Fsp3) is 0.154. The van der Waals surface area contributed by atoms with Crippen LogP contribution in [0.15, 0.2) is 89.9 Å². The minimum atomic E-state index is -0.436. The van der Waals surface area contributed by atoms with Gasteiger partial charge in [0.1, 0.15) is 5.75 Å². The Labute approximate surface area is 186 Å². The fourth-order valence-corrected chi connectivity index (χ4v) is 4.75. The number of thiazole rings is 1. The van der Waals surface area contributed by atoms with E-state index in [1.807, 2.05) is 96.5 Å². The monoisotopic (exact) mass is 428 g/mol. The van der Waals surface area contributed by atoms with Gasteiger partial charge in [-0.05, 0) is 47.9 Å². The molecule has 4 rings (SSSR count). The average molecular weight is 429 g/mol. The minimum Gasteiger partial charge on any atom is -0.497 e. The highest BCUT2D eigenvalue weighted by atomic mass is 32.1. The lowest BCUT2D eigenvalue weighted by atomic mass is 9.91. The molecule has 1 amide bonds. The van der Waals surface area contributed by atoms with Crippen LogP contribution >= 0.6 is 11.3 Å². The predicted molar refractivity (Wildman–Crippen MR) is 125 cm³/mol. The van der Waals surface area contributed by atoms with Gasteiger partial charge >= 0.3 is 0 Å². The van der Waals surface area contributed by atoms with Crippen LogP contribution in [-0.2, 0) is 11.8 Å². The van der Waals surface area contributed by atoms with E-state index in [0.717, 1.165) is 33.0 Å². The first-order valence-electron chi connectivity index (χ1n) is 10.1. The third-order valence-corrected chi connectivity index (χ3v) is 6.33. The molecule has 31 heavy (non-hydrogen) atoms. The minimum absolute atomic E-state index is 0.171. The summed E-state index contributed by atoms with van der Waals surface area (Å²) < 4.78 is 7.26. The van der Waals surface area contributed by atoms with Gasteiger partial charge in [-0.25, -0.2) is 0 Å². The molecule has 0 saturated heterocycles. The lowest BCUT2D eigenvalue weighted by Crippen LogP contribution is -2.19. The lowest BCUT2D eigenvalue weighted by molar-refractivity contribution is -0.118. The van der Waals surface area contributed by atoms with Crippen LogP contribution in [0, 0.1) is 6.92 Å². The summed E-state index contributed by atoms with van der Waals surface area (Å²) in [6, 6.07) is 27.6. The summed E-state index contributed by atoms with van der Waals surface area (Å²) >= 11 is 1.53. The summed E-state index contributed by atoms with van der Waals surface area (Å²) in [5, 5.41) is 0. The maximum atomic E-state index is 13.4. The SMILES string of the molecule is COc1ccc(-c2c(C)sc(=NC(=O)C(c3ccccc3)c3ccccc3)n2C)cc1. The van der Waals surface area contributed by atoms with E-state index in [-0.39, 0.29) is 5.91 Å². The second-order valence-corrected chi connectivity index (χ2v) is 8.46. The van der Waals surface area contributed by atoms with Gasteiger partial charge in [0, 0.05) is 11.9 Å². The molecule has 0 aliphatic rings. The van der Waals surface area contributed by atoms with Crippen molar-refractivity contribution in [1.82, 2.24) is 4.57 Å². The second kappa shape index (κ2) is 9.14. The molecule has 4 aromatic rings. The van der Waals surface area contributed by atoms with Crippen LogP contribution in [0.4, 0.5) is 0 Å². The molecule has 0 bridgehead atoms. The van der Waals surface area contributed by atoms with Gasteiger partial charge in [-0.2, -0.15) is 4.99 Å². The number of carbonyl (C=O) groups is 1. The van der Waals surface area contributed by atoms with Crippen molar-refractivity contribution in [2.24, 2.45) is 12.0 Å². The maximum absolute atomic E-state index is 13.4. The average Bonchev–Trinajstić information content (AvgIpc) is 3.08. The Kier molecular flexibility index (Phi) is 6.14. The van der Waals surface area contributed by atoms with E-state index >= 15 is 0 Å². The van der Waals surface area contributed by atoms with Gasteiger partial charge in [0.2, 0.25) is 0 Å². The number of aryl methyl sites for hydroxylation is 1. The highest BCUT2D eigenvalue weighted by Gasteiger charge is 2.22. The third kappa shape index (κ3) is 4.37. The first kappa shape index (κ1) is 20.8. The summed E-state index contributed by atoms with van der Waals surface area (Å²) in [5.41, 5.74) is 3.99. The van der Waals surface area contributed by atoms with Gasteiger partial charge in [-0.1, -0.05) is 60.7 Å². The van der Waals surface area contributed by atoms with Crippen LogP contribution in [0.25, 0.3) is 11.3 Å². The number of ether oxygens (including phenoxy) is 1. The van der Waals surface area contributed by atoms with Crippen molar-refractivity contribution in [2.75, 3.05) is 7.11 Å². The van der Waals surface area contributed by atoms with Gasteiger partial charge in [0.15, 0.2) is 4.80 Å². The van der Waals surface area contributed by atoms with Crippen molar-refractivity contribution >= 4 is 17.2 Å². The van der Waals surface area contributed by atoms with E-state index in [0.29, 0.717) is 4.80 Å². The van der Waals surface area contributed by atoms with Gasteiger partial charge in [0.05, 0.1) is 18.7 Å². The summed E-state index contributed by atoms with van der Waals surface area (Å²) in [5.74, 6) is 0.206. The van der Waals surface area contributed by atoms with Gasteiger partial charge in [0.25, 0.3) is 5.91 Å². The summed E-state index contributed by atoms with van der Waals surface area (Å²) in [7, 11) is 3.61. The van der Waals surface area contributed by atoms with E-state index < -0.39 is 5.92 Å². The Hall–Kier alpha value is -3.44. The number of amides is 1. The quantitative estimate of drug-likeness (QED) is 0.431. The van der Waals surface area contributed by atoms with Crippen LogP contribution in [-0.4, -0.2) is 17.6 Å². The van der Waals surface area contributed by atoms with E-state index in [1.165, 1.54) is 11.3 Å². The Bertz CT molecular complexity index is 1200. The standard InChI is InChI=1S/C26H24N2O2S/c1-18-24(21-14-16-22(30-3)17-15-21)28(2)26(31-18)27-25(29)23(19-10-6-4-7-11-19)20-12-8-5-9-13-20/h4-17,23H,1-3H3. The number of rotatable bonds is 5. The van der Waals surface area contributed by atoms with Crippen molar-refractivity contribution in [2.45, 2.75) is 12.8 Å². The number of aromatic nitrogens is 1. The molecule has 0 aliphatic heterocycles. The topological polar surface area (TPSA) is 43.6 Å². The normalized spacial score (nSPS) is 11.7. The van der Waals surface area contributed by atoms with Crippen molar-refractivity contribution in [1.29, 1.82) is 0 Å². The van der Waals surface area contributed by atoms with E-state index in [4.69, 9.17) is 4.74 Å². The first-order valence-corrected chi connectivity index (χ1v) is 10.9. The molecule has 0 N–H and O–H groups in total. The molecule has 1 heterocycles. The van der Waals surface area contributed by atoms with E-state index in [2.05, 4.69) is 11.9 Å². The Balaban J connectivity index is 1.77. The van der Waals surface area contributed by atoms with E-state index in [9.17, 15) is 4.79 Å². The van der Waals surface area contributed by atoms with Crippen LogP contribution in [0.1, 0.15) is 21.9 Å². The third-order valence-electron chi connectivity index (χ3n) is 5.28. The molecule has 1 aromatic heterocycles. The predicted octanol–water partition coefficient (Wildman–Crippen LogP) is 5.33. The molecule has 0 spiro atoms. The van der Waals surface area contributed by atoms with Gasteiger partial charge < -0.3 is 9.30 Å². The molecule has 0 saturated carbocycles. The number of benzene rings is 3. The van der Waals surface area contributed by atoms with Crippen molar-refractivity contribution in [3.63, 3.8) is 0 Å². The molecule has 3 aromatic carbocycles. The Morgan fingerprint density at radius 2 is 1.45 bits per heavy atom. The van der Waals surface area contributed by atoms with Gasteiger partial charge in [-0.15, -0.1) is 11.3 Å². The van der Waals surface area contributed by atoms with Crippen LogP contribution in [0.5, 0.6) is 5.75 Å². The molecule has 0 unspecified atom stereocenters. The fourth-order valence-electron chi connectivity index (χ4n) is 3.76. The number of hydrogen-bond acceptors (Lipinski definition) is 3. The number of carbonyl (C=O) groups excluding carboxylic acids is 1. The van der Waals surface area contributed by atoms with Crippen molar-refractivity contribution in [3.05, 3.63) is 106 Å². The molecule has 5 heteroatoms. The zero-order valence-electron chi connectivity index (χ0n) is 17.8. The second-order valence-electron chi connectivity index (χ2n) is 7.28. The molecule has 0 aliphatic carbocycles. The summed E-state index contributed by atoms with van der Waals surface area (Å²) in [4.78, 5) is 19.8. The molecule has 0 radical (unpaired) electrons. The van der Waals surface area contributed by atoms with Crippen molar-refractivity contribution < 1.29 is 9.53 Å². The zero-order valence-corrected chi connectivity index (χ0v) is 18.6. The molecule has 0 atom stereocenters. The molecule has 156 valence electrons. The highest BCUT2D eigenvalue weighted by molar-refractivity contribution is 7.09.